The minimum Gasteiger partial charge on any atom is -0.477 e. The maximum Gasteiger partial charge on any atom is 0.352 e. The first-order valence-corrected chi connectivity index (χ1v) is 9.26. The number of rotatable bonds is 5. The number of carboxylic acids is 1. The van der Waals surface area contributed by atoms with Crippen LogP contribution in [0.1, 0.15) is 62.1 Å². The van der Waals surface area contributed by atoms with Gasteiger partial charge in [0.05, 0.1) is 11.6 Å². The number of hydrogen-bond acceptors (Lipinski definition) is 3. The monoisotopic (exact) mass is 369 g/mol. The summed E-state index contributed by atoms with van der Waals surface area (Å²) in [4.78, 5) is 31.4. The Bertz CT molecular complexity index is 852. The van der Waals surface area contributed by atoms with Crippen molar-refractivity contribution in [3.05, 3.63) is 57.9 Å². The fraction of sp³-hybridized carbons (Fsp3) is 0.429. The smallest absolute Gasteiger partial charge is 0.352 e. The molecule has 0 bridgehead atoms. The lowest BCUT2D eigenvalue weighted by Crippen LogP contribution is -2.31. The number of aryl methyl sites for hydroxylation is 1. The number of nitrogens with zero attached hydrogens (tertiary/aromatic N) is 2. The van der Waals surface area contributed by atoms with Gasteiger partial charge in [-0.05, 0) is 57.5 Å². The number of nitrogens with one attached hydrogen (secondary N) is 1. The second-order valence-corrected chi connectivity index (χ2v) is 7.57. The van der Waals surface area contributed by atoms with Crippen molar-refractivity contribution < 1.29 is 14.7 Å². The molecule has 0 saturated carbocycles. The van der Waals surface area contributed by atoms with Crippen molar-refractivity contribution in [2.45, 2.75) is 39.3 Å². The molecule has 2 N–H and O–H groups in total. The van der Waals surface area contributed by atoms with Crippen LogP contribution in [0.2, 0.25) is 0 Å². The van der Waals surface area contributed by atoms with Crippen LogP contribution in [0.5, 0.6) is 0 Å². The fourth-order valence-electron chi connectivity index (χ4n) is 3.99. The number of amides is 1. The maximum atomic E-state index is 13.2. The molecule has 6 nitrogen and oxygen atoms in total. The van der Waals surface area contributed by atoms with E-state index in [9.17, 15) is 14.7 Å². The van der Waals surface area contributed by atoms with Gasteiger partial charge in [-0.1, -0.05) is 24.3 Å². The molecule has 0 spiro atoms. The number of aromatic amines is 1. The standard InChI is InChI=1S/C21H27N3O3/c1-13-18(14(2)22-19(13)21(26)27)20(25)24-11-5-6-17(24)16-9-7-15(8-10-16)12-23(3)4/h7-10,17,22H,5-6,11-12H2,1-4H3,(H,26,27). The van der Waals surface area contributed by atoms with Gasteiger partial charge in [0.1, 0.15) is 5.69 Å². The molecule has 0 aliphatic carbocycles. The van der Waals surface area contributed by atoms with Crippen molar-refractivity contribution in [2.24, 2.45) is 0 Å². The molecule has 1 aliphatic rings. The number of benzene rings is 1. The lowest BCUT2D eigenvalue weighted by atomic mass is 10.0. The molecule has 6 heteroatoms. The van der Waals surface area contributed by atoms with Gasteiger partial charge in [0.2, 0.25) is 0 Å². The van der Waals surface area contributed by atoms with Crippen LogP contribution < -0.4 is 0 Å². The summed E-state index contributed by atoms with van der Waals surface area (Å²) in [5.41, 5.74) is 4.08. The number of likely N-dealkylation sites (tertiary alicyclic amines) is 1. The van der Waals surface area contributed by atoms with E-state index in [4.69, 9.17) is 0 Å². The van der Waals surface area contributed by atoms with Crippen molar-refractivity contribution in [3.8, 4) is 0 Å². The molecule has 0 radical (unpaired) electrons. The average molecular weight is 369 g/mol. The molecule has 1 aromatic carbocycles. The largest absolute Gasteiger partial charge is 0.477 e. The normalized spacial score (nSPS) is 16.9. The molecule has 3 rings (SSSR count). The van der Waals surface area contributed by atoms with Crippen LogP contribution in [-0.4, -0.2) is 52.4 Å². The van der Waals surface area contributed by atoms with Crippen LogP contribution in [0.15, 0.2) is 24.3 Å². The molecule has 1 unspecified atom stereocenters. The van der Waals surface area contributed by atoms with Gasteiger partial charge in [-0.25, -0.2) is 4.79 Å². The first-order chi connectivity index (χ1) is 12.8. The molecular formula is C21H27N3O3. The number of aromatic carboxylic acids is 1. The van der Waals surface area contributed by atoms with Crippen LogP contribution in [0, 0.1) is 13.8 Å². The van der Waals surface area contributed by atoms with Crippen LogP contribution in [-0.2, 0) is 6.54 Å². The maximum absolute atomic E-state index is 13.2. The summed E-state index contributed by atoms with van der Waals surface area (Å²) in [5.74, 6) is -1.13. The molecule has 2 heterocycles. The zero-order valence-corrected chi connectivity index (χ0v) is 16.4. The van der Waals surface area contributed by atoms with Crippen molar-refractivity contribution in [1.29, 1.82) is 0 Å². The van der Waals surface area contributed by atoms with Gasteiger partial charge in [0.25, 0.3) is 5.91 Å². The zero-order chi connectivity index (χ0) is 19.7. The van der Waals surface area contributed by atoms with E-state index in [2.05, 4.69) is 34.1 Å². The summed E-state index contributed by atoms with van der Waals surface area (Å²) in [5, 5.41) is 9.31. The highest BCUT2D eigenvalue weighted by molar-refractivity contribution is 6.01. The third-order valence-electron chi connectivity index (χ3n) is 5.24. The van der Waals surface area contributed by atoms with E-state index >= 15 is 0 Å². The molecule has 1 saturated heterocycles. The van der Waals surface area contributed by atoms with Gasteiger partial charge >= 0.3 is 5.97 Å². The second kappa shape index (κ2) is 7.56. The van der Waals surface area contributed by atoms with Crippen molar-refractivity contribution in [2.75, 3.05) is 20.6 Å². The Morgan fingerprint density at radius 1 is 1.22 bits per heavy atom. The zero-order valence-electron chi connectivity index (χ0n) is 16.4. The first-order valence-electron chi connectivity index (χ1n) is 9.26. The van der Waals surface area contributed by atoms with E-state index in [-0.39, 0.29) is 17.6 Å². The summed E-state index contributed by atoms with van der Waals surface area (Å²) < 4.78 is 0. The molecule has 1 amide bonds. The Labute approximate surface area is 159 Å². The lowest BCUT2D eigenvalue weighted by Gasteiger charge is -2.26. The highest BCUT2D eigenvalue weighted by Gasteiger charge is 2.33. The Morgan fingerprint density at radius 3 is 2.44 bits per heavy atom. The van der Waals surface area contributed by atoms with E-state index < -0.39 is 5.97 Å². The Morgan fingerprint density at radius 2 is 1.89 bits per heavy atom. The van der Waals surface area contributed by atoms with Crippen LogP contribution >= 0.6 is 0 Å². The Balaban J connectivity index is 1.86. The molecule has 2 aromatic rings. The van der Waals surface area contributed by atoms with Crippen LogP contribution in [0.4, 0.5) is 0 Å². The van der Waals surface area contributed by atoms with Crippen molar-refractivity contribution >= 4 is 11.9 Å². The average Bonchev–Trinajstić information content (AvgIpc) is 3.19. The molecule has 1 aliphatic heterocycles. The van der Waals surface area contributed by atoms with Crippen LogP contribution in [0.25, 0.3) is 0 Å². The summed E-state index contributed by atoms with van der Waals surface area (Å²) in [6.45, 7) is 5.03. The van der Waals surface area contributed by atoms with Gasteiger partial charge in [-0.3, -0.25) is 4.79 Å². The molecule has 27 heavy (non-hydrogen) atoms. The van der Waals surface area contributed by atoms with E-state index in [1.54, 1.807) is 13.8 Å². The Kier molecular flexibility index (Phi) is 5.37. The number of aromatic nitrogens is 1. The topological polar surface area (TPSA) is 76.6 Å². The lowest BCUT2D eigenvalue weighted by molar-refractivity contribution is 0.0690. The van der Waals surface area contributed by atoms with Crippen molar-refractivity contribution in [1.82, 2.24) is 14.8 Å². The quantitative estimate of drug-likeness (QED) is 0.847. The van der Waals surface area contributed by atoms with Crippen LogP contribution in [0.3, 0.4) is 0 Å². The number of carbonyl (C=O) groups excluding carboxylic acids is 1. The third kappa shape index (κ3) is 3.76. The number of hydrogen-bond donors (Lipinski definition) is 2. The number of carboxylic acid groups (broad SMARTS) is 1. The summed E-state index contributed by atoms with van der Waals surface area (Å²) in [6.07, 6.45) is 1.87. The predicted octanol–water partition coefficient (Wildman–Crippen LogP) is 3.37. The first kappa shape index (κ1) is 19.2. The van der Waals surface area contributed by atoms with E-state index in [0.29, 0.717) is 23.4 Å². The summed E-state index contributed by atoms with van der Waals surface area (Å²) in [7, 11) is 4.08. The SMILES string of the molecule is Cc1[nH]c(C(=O)O)c(C)c1C(=O)N1CCCC1c1ccc(CN(C)C)cc1. The highest BCUT2D eigenvalue weighted by Crippen LogP contribution is 2.34. The summed E-state index contributed by atoms with van der Waals surface area (Å²) >= 11 is 0. The molecule has 1 aromatic heterocycles. The molecular weight excluding hydrogens is 342 g/mol. The Hall–Kier alpha value is -2.60. The van der Waals surface area contributed by atoms with Gasteiger partial charge in [0.15, 0.2) is 0 Å². The summed E-state index contributed by atoms with van der Waals surface area (Å²) in [6, 6.07) is 8.48. The van der Waals surface area contributed by atoms with Gasteiger partial charge < -0.3 is 19.9 Å². The molecule has 1 fully saturated rings. The number of H-pyrrole nitrogens is 1. The van der Waals surface area contributed by atoms with Crippen molar-refractivity contribution in [3.63, 3.8) is 0 Å². The van der Waals surface area contributed by atoms with E-state index in [1.165, 1.54) is 5.56 Å². The van der Waals surface area contributed by atoms with E-state index in [0.717, 1.165) is 24.9 Å². The van der Waals surface area contributed by atoms with Gasteiger partial charge in [-0.2, -0.15) is 0 Å². The third-order valence-corrected chi connectivity index (χ3v) is 5.24. The number of carbonyl (C=O) groups is 2. The van der Waals surface area contributed by atoms with Gasteiger partial charge in [0, 0.05) is 18.8 Å². The second-order valence-electron chi connectivity index (χ2n) is 7.57. The predicted molar refractivity (Wildman–Crippen MR) is 104 cm³/mol. The minimum absolute atomic E-state index is 0.0351. The highest BCUT2D eigenvalue weighted by atomic mass is 16.4. The fourth-order valence-corrected chi connectivity index (χ4v) is 3.99. The minimum atomic E-state index is -1.04. The molecule has 1 atom stereocenters. The van der Waals surface area contributed by atoms with Gasteiger partial charge in [-0.15, -0.1) is 0 Å². The van der Waals surface area contributed by atoms with E-state index in [1.807, 2.05) is 19.0 Å². The molecule has 144 valence electrons.